The first kappa shape index (κ1) is 23.0. The molecule has 182 valence electrons. The number of rotatable bonds is 4. The van der Waals surface area contributed by atoms with E-state index >= 15 is 0 Å². The highest BCUT2D eigenvalue weighted by Gasteiger charge is 2.32. The second kappa shape index (κ2) is 9.50. The number of benzene rings is 2. The Hall–Kier alpha value is -3.72. The summed E-state index contributed by atoms with van der Waals surface area (Å²) >= 11 is 0. The minimum Gasteiger partial charge on any atom is -0.497 e. The molecule has 2 aliphatic heterocycles. The Balaban J connectivity index is 1.22. The Kier molecular flexibility index (Phi) is 6.25. The number of ether oxygens (including phenoxy) is 2. The number of aromatic nitrogens is 3. The summed E-state index contributed by atoms with van der Waals surface area (Å²) < 4.78 is 13.0. The monoisotopic (exact) mass is 475 g/mol. The van der Waals surface area contributed by atoms with Crippen LogP contribution >= 0.6 is 0 Å². The van der Waals surface area contributed by atoms with Crippen molar-refractivity contribution in [3.63, 3.8) is 0 Å². The molecule has 0 spiro atoms. The van der Waals surface area contributed by atoms with Gasteiger partial charge in [-0.1, -0.05) is 35.0 Å². The molecule has 0 N–H and O–H groups in total. The maximum absolute atomic E-state index is 13.2. The van der Waals surface area contributed by atoms with Gasteiger partial charge in [0.2, 0.25) is 0 Å². The lowest BCUT2D eigenvalue weighted by Crippen LogP contribution is -2.51. The van der Waals surface area contributed by atoms with Crippen molar-refractivity contribution >= 4 is 11.8 Å². The van der Waals surface area contributed by atoms with Gasteiger partial charge in [0, 0.05) is 31.7 Å². The van der Waals surface area contributed by atoms with Crippen molar-refractivity contribution in [1.82, 2.24) is 24.8 Å². The molecule has 0 bridgehead atoms. The van der Waals surface area contributed by atoms with Crippen molar-refractivity contribution in [3.05, 3.63) is 76.1 Å². The van der Waals surface area contributed by atoms with Gasteiger partial charge in [0.1, 0.15) is 11.9 Å². The largest absolute Gasteiger partial charge is 0.497 e. The highest BCUT2D eigenvalue weighted by molar-refractivity contribution is 5.96. The Morgan fingerprint density at radius 3 is 2.31 bits per heavy atom. The summed E-state index contributed by atoms with van der Waals surface area (Å²) in [7, 11) is 1.63. The molecule has 0 aliphatic carbocycles. The van der Waals surface area contributed by atoms with E-state index in [2.05, 4.69) is 10.3 Å². The molecule has 0 radical (unpaired) electrons. The molecule has 9 heteroatoms. The van der Waals surface area contributed by atoms with E-state index in [0.29, 0.717) is 49.7 Å². The summed E-state index contributed by atoms with van der Waals surface area (Å²) in [5.41, 5.74) is 4.85. The van der Waals surface area contributed by atoms with E-state index in [4.69, 9.17) is 9.47 Å². The van der Waals surface area contributed by atoms with Crippen LogP contribution in [0.4, 0.5) is 0 Å². The SMILES string of the molecule is COc1ccc(C2Cn3nnc(C(=O)N4CCN(C(=O)c5ccc(C)cc5C)CC4)c3CO2)cc1. The molecule has 3 heterocycles. The summed E-state index contributed by atoms with van der Waals surface area (Å²) in [6.45, 7) is 6.59. The van der Waals surface area contributed by atoms with Gasteiger partial charge < -0.3 is 19.3 Å². The molecule has 1 atom stereocenters. The number of methoxy groups -OCH3 is 1. The third-order valence-corrected chi connectivity index (χ3v) is 6.75. The molecule has 2 aliphatic rings. The van der Waals surface area contributed by atoms with E-state index in [0.717, 1.165) is 22.4 Å². The van der Waals surface area contributed by atoms with E-state index in [1.165, 1.54) is 0 Å². The third-order valence-electron chi connectivity index (χ3n) is 6.75. The second-order valence-electron chi connectivity index (χ2n) is 9.04. The van der Waals surface area contributed by atoms with Crippen LogP contribution in [0.1, 0.15) is 49.3 Å². The zero-order chi connectivity index (χ0) is 24.5. The minimum absolute atomic E-state index is 0.00797. The van der Waals surface area contributed by atoms with Gasteiger partial charge in [-0.05, 0) is 43.2 Å². The molecule has 35 heavy (non-hydrogen) atoms. The molecular formula is C26H29N5O4. The van der Waals surface area contributed by atoms with E-state index in [1.54, 1.807) is 16.7 Å². The summed E-state index contributed by atoms with van der Waals surface area (Å²) in [4.78, 5) is 29.8. The average molecular weight is 476 g/mol. The van der Waals surface area contributed by atoms with Gasteiger partial charge >= 0.3 is 0 Å². The summed E-state index contributed by atoms with van der Waals surface area (Å²) in [6, 6.07) is 13.6. The van der Waals surface area contributed by atoms with Crippen LogP contribution in [0.25, 0.3) is 0 Å². The van der Waals surface area contributed by atoms with E-state index < -0.39 is 0 Å². The van der Waals surface area contributed by atoms with Crippen molar-refractivity contribution in [1.29, 1.82) is 0 Å². The van der Waals surface area contributed by atoms with E-state index in [1.807, 2.05) is 61.2 Å². The fraction of sp³-hybridized carbons (Fsp3) is 0.385. The molecule has 1 fully saturated rings. The lowest BCUT2D eigenvalue weighted by atomic mass is 10.0. The van der Waals surface area contributed by atoms with Crippen LogP contribution in [-0.2, 0) is 17.9 Å². The molecular weight excluding hydrogens is 446 g/mol. The van der Waals surface area contributed by atoms with Crippen LogP contribution in [0, 0.1) is 13.8 Å². The Morgan fingerprint density at radius 2 is 1.66 bits per heavy atom. The van der Waals surface area contributed by atoms with E-state index in [9.17, 15) is 9.59 Å². The standard InChI is InChI=1S/C26H29N5O4/c1-17-4-9-21(18(2)14-17)25(32)29-10-12-30(13-11-29)26(33)24-22-16-35-23(15-31(22)28-27-24)19-5-7-20(34-3)8-6-19/h4-9,14,23H,10-13,15-16H2,1-3H3. The van der Waals surface area contributed by atoms with E-state index in [-0.39, 0.29) is 24.5 Å². The molecule has 2 aromatic carbocycles. The van der Waals surface area contributed by atoms with Crippen LogP contribution in [0.2, 0.25) is 0 Å². The number of nitrogens with zero attached hydrogens (tertiary/aromatic N) is 5. The average Bonchev–Trinajstić information content (AvgIpc) is 3.31. The normalized spacial score (nSPS) is 17.7. The predicted molar refractivity (Wildman–Crippen MR) is 128 cm³/mol. The highest BCUT2D eigenvalue weighted by atomic mass is 16.5. The minimum atomic E-state index is -0.170. The van der Waals surface area contributed by atoms with Crippen molar-refractivity contribution in [2.75, 3.05) is 33.3 Å². The number of piperazine rings is 1. The molecule has 5 rings (SSSR count). The van der Waals surface area contributed by atoms with Gasteiger partial charge in [-0.3, -0.25) is 9.59 Å². The zero-order valence-electron chi connectivity index (χ0n) is 20.2. The topological polar surface area (TPSA) is 89.8 Å². The fourth-order valence-corrected chi connectivity index (χ4v) is 4.68. The first-order chi connectivity index (χ1) is 16.9. The molecule has 1 unspecified atom stereocenters. The zero-order valence-corrected chi connectivity index (χ0v) is 20.2. The van der Waals surface area contributed by atoms with Crippen LogP contribution < -0.4 is 4.74 Å². The van der Waals surface area contributed by atoms with Crippen LogP contribution in [0.5, 0.6) is 5.75 Å². The van der Waals surface area contributed by atoms with Gasteiger partial charge in [0.25, 0.3) is 11.8 Å². The van der Waals surface area contributed by atoms with Gasteiger partial charge in [-0.15, -0.1) is 5.10 Å². The molecule has 3 aromatic rings. The number of amides is 2. The molecule has 0 saturated carbocycles. The van der Waals surface area contributed by atoms with Crippen molar-refractivity contribution in [3.8, 4) is 5.75 Å². The van der Waals surface area contributed by atoms with Gasteiger partial charge in [0.05, 0.1) is 26.0 Å². The van der Waals surface area contributed by atoms with Crippen molar-refractivity contribution in [2.45, 2.75) is 33.1 Å². The van der Waals surface area contributed by atoms with Gasteiger partial charge in [0.15, 0.2) is 5.69 Å². The summed E-state index contributed by atoms with van der Waals surface area (Å²) in [5, 5.41) is 8.42. The molecule has 2 amide bonds. The summed E-state index contributed by atoms with van der Waals surface area (Å²) in [6.07, 6.45) is -0.169. The Labute approximate surface area is 204 Å². The van der Waals surface area contributed by atoms with Gasteiger partial charge in [-0.2, -0.15) is 0 Å². The molecule has 1 saturated heterocycles. The number of aryl methyl sites for hydroxylation is 2. The van der Waals surface area contributed by atoms with Crippen LogP contribution in [0.15, 0.2) is 42.5 Å². The van der Waals surface area contributed by atoms with Crippen molar-refractivity contribution < 1.29 is 19.1 Å². The number of fused-ring (bicyclic) bond motifs is 1. The maximum Gasteiger partial charge on any atom is 0.276 e. The molecule has 9 nitrogen and oxygen atoms in total. The predicted octanol–water partition coefficient (Wildman–Crippen LogP) is 2.77. The van der Waals surface area contributed by atoms with Gasteiger partial charge in [-0.25, -0.2) is 4.68 Å². The Bertz CT molecular complexity index is 1250. The highest BCUT2D eigenvalue weighted by Crippen LogP contribution is 2.28. The fourth-order valence-electron chi connectivity index (χ4n) is 4.68. The third kappa shape index (κ3) is 4.51. The first-order valence-corrected chi connectivity index (χ1v) is 11.8. The Morgan fingerprint density at radius 1 is 0.971 bits per heavy atom. The lowest BCUT2D eigenvalue weighted by molar-refractivity contribution is -0.00204. The molecule has 1 aromatic heterocycles. The second-order valence-corrected chi connectivity index (χ2v) is 9.04. The lowest BCUT2D eigenvalue weighted by Gasteiger charge is -2.35. The summed E-state index contributed by atoms with van der Waals surface area (Å²) in [5.74, 6) is 0.625. The smallest absolute Gasteiger partial charge is 0.276 e. The van der Waals surface area contributed by atoms with Crippen LogP contribution in [-0.4, -0.2) is 69.9 Å². The number of carbonyl (C=O) groups excluding carboxylic acids is 2. The maximum atomic E-state index is 13.2. The van der Waals surface area contributed by atoms with Crippen molar-refractivity contribution in [2.24, 2.45) is 0 Å². The van der Waals surface area contributed by atoms with Crippen LogP contribution in [0.3, 0.4) is 0 Å². The first-order valence-electron chi connectivity index (χ1n) is 11.8. The number of hydrogen-bond donors (Lipinski definition) is 0. The quantitative estimate of drug-likeness (QED) is 0.577. The number of carbonyl (C=O) groups is 2. The number of hydrogen-bond acceptors (Lipinski definition) is 6.